The maximum Gasteiger partial charge on any atom is 0.170 e. The van der Waals surface area contributed by atoms with Crippen molar-refractivity contribution in [2.45, 2.75) is 46.3 Å². The van der Waals surface area contributed by atoms with E-state index in [1.807, 2.05) is 27.7 Å². The molecule has 0 saturated carbocycles. The molecule has 0 aromatic heterocycles. The lowest BCUT2D eigenvalue weighted by Crippen LogP contribution is -2.35. The van der Waals surface area contributed by atoms with E-state index in [1.54, 1.807) is 12.1 Å². The summed E-state index contributed by atoms with van der Waals surface area (Å²) in [7, 11) is 3.04. The average Bonchev–Trinajstić information content (AvgIpc) is 2.56. The number of ketones is 1. The summed E-state index contributed by atoms with van der Waals surface area (Å²) in [6, 6.07) is 3.59. The molecule has 25 heavy (non-hydrogen) atoms. The Labute approximate surface area is 150 Å². The van der Waals surface area contributed by atoms with Crippen molar-refractivity contribution >= 4 is 5.78 Å². The third-order valence-corrected chi connectivity index (χ3v) is 3.56. The van der Waals surface area contributed by atoms with Gasteiger partial charge in [0.05, 0.1) is 14.2 Å². The molecule has 0 spiro atoms. The minimum Gasteiger partial charge on any atom is -0.496 e. The molecule has 142 valence electrons. The number of carbonyl (C=O) groups is 1. The zero-order valence-corrected chi connectivity index (χ0v) is 16.1. The molecule has 1 atom stereocenters. The normalized spacial score (nSPS) is 12.4. The molecule has 0 fully saturated rings. The second kappa shape index (κ2) is 10.3. The number of benzene rings is 1. The van der Waals surface area contributed by atoms with E-state index in [0.29, 0.717) is 35.8 Å². The lowest BCUT2D eigenvalue weighted by molar-refractivity contribution is 0.0929. The minimum absolute atomic E-state index is 0.0562. The number of aliphatic hydroxyl groups excluding tert-OH is 1. The molecule has 1 aromatic carbocycles. The molecule has 0 radical (unpaired) electrons. The van der Waals surface area contributed by atoms with Gasteiger partial charge in [-0.1, -0.05) is 27.7 Å². The summed E-state index contributed by atoms with van der Waals surface area (Å²) < 4.78 is 16.4. The highest BCUT2D eigenvalue weighted by Gasteiger charge is 2.22. The second-order valence-electron chi connectivity index (χ2n) is 6.75. The maximum absolute atomic E-state index is 12.6. The Kier molecular flexibility index (Phi) is 8.72. The number of hydrogen-bond donors (Lipinski definition) is 2. The van der Waals surface area contributed by atoms with E-state index in [1.165, 1.54) is 14.2 Å². The Balaban J connectivity index is 3.03. The highest BCUT2D eigenvalue weighted by atomic mass is 16.5. The van der Waals surface area contributed by atoms with Crippen molar-refractivity contribution in [3.8, 4) is 17.2 Å². The molecule has 6 heteroatoms. The van der Waals surface area contributed by atoms with Crippen LogP contribution in [0.2, 0.25) is 0 Å². The van der Waals surface area contributed by atoms with Crippen molar-refractivity contribution in [2.75, 3.05) is 27.4 Å². The van der Waals surface area contributed by atoms with Gasteiger partial charge >= 0.3 is 0 Å². The van der Waals surface area contributed by atoms with Crippen molar-refractivity contribution in [1.82, 2.24) is 5.32 Å². The molecular formula is C19H31NO5. The molecule has 6 nitrogen and oxygen atoms in total. The van der Waals surface area contributed by atoms with E-state index >= 15 is 0 Å². The first-order chi connectivity index (χ1) is 11.8. The van der Waals surface area contributed by atoms with Crippen molar-refractivity contribution in [1.29, 1.82) is 0 Å². The molecular weight excluding hydrogens is 322 g/mol. The summed E-state index contributed by atoms with van der Waals surface area (Å²) in [4.78, 5) is 12.6. The monoisotopic (exact) mass is 353 g/mol. The van der Waals surface area contributed by atoms with Crippen LogP contribution in [0.4, 0.5) is 0 Å². The number of carbonyl (C=O) groups excluding carboxylic acids is 1. The summed E-state index contributed by atoms with van der Waals surface area (Å²) in [5.74, 6) is 1.47. The van der Waals surface area contributed by atoms with E-state index in [4.69, 9.17) is 14.2 Å². The fourth-order valence-corrected chi connectivity index (χ4v) is 2.32. The predicted octanol–water partition coefficient (Wildman–Crippen LogP) is 2.67. The topological polar surface area (TPSA) is 77.0 Å². The molecule has 0 amide bonds. The molecule has 0 aliphatic rings. The number of Topliss-reactive ketones (excluding diaryl/α,β-unsaturated/α-hetero) is 1. The predicted molar refractivity (Wildman–Crippen MR) is 98.0 cm³/mol. The zero-order valence-electron chi connectivity index (χ0n) is 16.1. The fourth-order valence-electron chi connectivity index (χ4n) is 2.32. The summed E-state index contributed by atoms with van der Waals surface area (Å²) >= 11 is 0. The van der Waals surface area contributed by atoms with Crippen LogP contribution in [0, 0.1) is 5.92 Å². The highest BCUT2D eigenvalue weighted by molar-refractivity contribution is 6.01. The average molecular weight is 353 g/mol. The number of methoxy groups -OCH3 is 2. The number of rotatable bonds is 11. The number of hydrogen-bond acceptors (Lipinski definition) is 6. The van der Waals surface area contributed by atoms with Gasteiger partial charge < -0.3 is 24.6 Å². The van der Waals surface area contributed by atoms with Crippen LogP contribution >= 0.6 is 0 Å². The Morgan fingerprint density at radius 3 is 2.28 bits per heavy atom. The van der Waals surface area contributed by atoms with Gasteiger partial charge in [-0.25, -0.2) is 0 Å². The van der Waals surface area contributed by atoms with Gasteiger partial charge in [0, 0.05) is 31.1 Å². The molecule has 1 unspecified atom stereocenters. The second-order valence-corrected chi connectivity index (χ2v) is 6.75. The molecule has 0 aliphatic heterocycles. The first-order valence-electron chi connectivity index (χ1n) is 8.61. The minimum atomic E-state index is -0.687. The lowest BCUT2D eigenvalue weighted by atomic mass is 9.99. The third-order valence-electron chi connectivity index (χ3n) is 3.56. The van der Waals surface area contributed by atoms with E-state index < -0.39 is 6.10 Å². The van der Waals surface area contributed by atoms with Gasteiger partial charge in [0.25, 0.3) is 0 Å². The van der Waals surface area contributed by atoms with E-state index in [-0.39, 0.29) is 24.3 Å². The quantitative estimate of drug-likeness (QED) is 0.596. The van der Waals surface area contributed by atoms with Crippen LogP contribution in [0.3, 0.4) is 0 Å². The first-order valence-corrected chi connectivity index (χ1v) is 8.61. The fraction of sp³-hybridized carbons (Fsp3) is 0.632. The Morgan fingerprint density at radius 1 is 1.12 bits per heavy atom. The van der Waals surface area contributed by atoms with Gasteiger partial charge in [-0.15, -0.1) is 0 Å². The van der Waals surface area contributed by atoms with E-state index in [2.05, 4.69) is 5.32 Å². The van der Waals surface area contributed by atoms with Gasteiger partial charge in [-0.2, -0.15) is 0 Å². The summed E-state index contributed by atoms with van der Waals surface area (Å²) in [6.45, 7) is 8.45. The number of ether oxygens (including phenoxy) is 3. The Morgan fingerprint density at radius 2 is 1.76 bits per heavy atom. The Hall–Kier alpha value is -1.79. The summed E-state index contributed by atoms with van der Waals surface area (Å²) in [5.41, 5.74) is 0.390. The SMILES string of the molecule is COc1cc(OC)c(C(=O)CC(C)C)c(OCC(O)CNC(C)C)c1. The van der Waals surface area contributed by atoms with Gasteiger partial charge in [0.1, 0.15) is 35.5 Å². The maximum atomic E-state index is 12.6. The highest BCUT2D eigenvalue weighted by Crippen LogP contribution is 2.35. The summed E-state index contributed by atoms with van der Waals surface area (Å²) in [5, 5.41) is 13.2. The third kappa shape index (κ3) is 6.92. The molecule has 1 rings (SSSR count). The van der Waals surface area contributed by atoms with E-state index in [0.717, 1.165) is 0 Å². The van der Waals surface area contributed by atoms with Crippen molar-refractivity contribution in [3.63, 3.8) is 0 Å². The molecule has 0 saturated heterocycles. The van der Waals surface area contributed by atoms with Crippen LogP contribution in [0.1, 0.15) is 44.5 Å². The van der Waals surface area contributed by atoms with E-state index in [9.17, 15) is 9.90 Å². The largest absolute Gasteiger partial charge is 0.496 e. The van der Waals surface area contributed by atoms with Crippen LogP contribution in [0.15, 0.2) is 12.1 Å². The van der Waals surface area contributed by atoms with Gasteiger partial charge in [-0.05, 0) is 5.92 Å². The molecule has 1 aromatic rings. The molecule has 0 aliphatic carbocycles. The molecule has 0 bridgehead atoms. The Bertz CT molecular complexity index is 557. The van der Waals surface area contributed by atoms with Crippen LogP contribution in [-0.4, -0.2) is 50.4 Å². The summed E-state index contributed by atoms with van der Waals surface area (Å²) in [6.07, 6.45) is -0.302. The van der Waals surface area contributed by atoms with Crippen molar-refractivity contribution in [2.24, 2.45) is 5.92 Å². The molecule has 2 N–H and O–H groups in total. The standard InChI is InChI=1S/C19H31NO5/c1-12(2)7-16(22)19-17(24-6)8-15(23-5)9-18(19)25-11-14(21)10-20-13(3)4/h8-9,12-14,20-21H,7,10-11H2,1-6H3. The van der Waals surface area contributed by atoms with Gasteiger partial charge in [0.15, 0.2) is 5.78 Å². The molecule has 0 heterocycles. The van der Waals surface area contributed by atoms with Crippen LogP contribution in [-0.2, 0) is 0 Å². The van der Waals surface area contributed by atoms with Crippen molar-refractivity contribution in [3.05, 3.63) is 17.7 Å². The smallest absolute Gasteiger partial charge is 0.170 e. The first kappa shape index (κ1) is 21.3. The van der Waals surface area contributed by atoms with Crippen LogP contribution in [0.5, 0.6) is 17.2 Å². The van der Waals surface area contributed by atoms with Crippen molar-refractivity contribution < 1.29 is 24.1 Å². The van der Waals surface area contributed by atoms with Crippen LogP contribution in [0.25, 0.3) is 0 Å². The van der Waals surface area contributed by atoms with Gasteiger partial charge in [-0.3, -0.25) is 4.79 Å². The van der Waals surface area contributed by atoms with Gasteiger partial charge in [0.2, 0.25) is 0 Å². The lowest BCUT2D eigenvalue weighted by Gasteiger charge is -2.19. The zero-order chi connectivity index (χ0) is 19.0. The number of aliphatic hydroxyl groups is 1. The van der Waals surface area contributed by atoms with Crippen LogP contribution < -0.4 is 19.5 Å². The number of nitrogens with one attached hydrogen (secondary N) is 1.